The zero-order chi connectivity index (χ0) is 9.73. The SMILES string of the molecule is CC#CCNC(=O)OC1(C)CCC1. The van der Waals surface area contributed by atoms with Gasteiger partial charge in [-0.05, 0) is 33.1 Å². The van der Waals surface area contributed by atoms with Crippen LogP contribution in [0.3, 0.4) is 0 Å². The summed E-state index contributed by atoms with van der Waals surface area (Å²) in [7, 11) is 0. The fourth-order valence-corrected chi connectivity index (χ4v) is 1.24. The molecule has 0 heterocycles. The Morgan fingerprint density at radius 3 is 2.77 bits per heavy atom. The molecule has 1 aliphatic carbocycles. The van der Waals surface area contributed by atoms with Gasteiger partial charge in [-0.2, -0.15) is 0 Å². The van der Waals surface area contributed by atoms with Gasteiger partial charge in [0.05, 0.1) is 6.54 Å². The molecular weight excluding hydrogens is 166 g/mol. The summed E-state index contributed by atoms with van der Waals surface area (Å²) >= 11 is 0. The van der Waals surface area contributed by atoms with Crippen LogP contribution in [0.2, 0.25) is 0 Å². The van der Waals surface area contributed by atoms with Crippen LogP contribution in [0.1, 0.15) is 33.1 Å². The van der Waals surface area contributed by atoms with Crippen LogP contribution in [-0.4, -0.2) is 18.2 Å². The van der Waals surface area contributed by atoms with Crippen molar-refractivity contribution in [3.05, 3.63) is 0 Å². The highest BCUT2D eigenvalue weighted by atomic mass is 16.6. The van der Waals surface area contributed by atoms with Gasteiger partial charge in [-0.3, -0.25) is 0 Å². The molecule has 3 nitrogen and oxygen atoms in total. The lowest BCUT2D eigenvalue weighted by molar-refractivity contribution is -0.0317. The van der Waals surface area contributed by atoms with Crippen molar-refractivity contribution in [1.29, 1.82) is 0 Å². The molecule has 0 aromatic heterocycles. The largest absolute Gasteiger partial charge is 0.443 e. The molecule has 1 rings (SSSR count). The molecule has 0 radical (unpaired) electrons. The van der Waals surface area contributed by atoms with Gasteiger partial charge in [0.1, 0.15) is 5.60 Å². The lowest BCUT2D eigenvalue weighted by Crippen LogP contribution is -2.42. The van der Waals surface area contributed by atoms with Crippen LogP contribution in [0.4, 0.5) is 4.79 Å². The maximum atomic E-state index is 11.1. The van der Waals surface area contributed by atoms with E-state index in [2.05, 4.69) is 17.2 Å². The van der Waals surface area contributed by atoms with Crippen LogP contribution in [0, 0.1) is 11.8 Å². The first-order valence-corrected chi connectivity index (χ1v) is 4.53. The zero-order valence-corrected chi connectivity index (χ0v) is 8.14. The topological polar surface area (TPSA) is 38.3 Å². The molecule has 1 N–H and O–H groups in total. The van der Waals surface area contributed by atoms with Crippen molar-refractivity contribution in [2.45, 2.75) is 38.7 Å². The Labute approximate surface area is 78.8 Å². The molecule has 1 aliphatic rings. The highest BCUT2D eigenvalue weighted by Gasteiger charge is 2.35. The Hall–Kier alpha value is -1.17. The average Bonchev–Trinajstić information content (AvgIpc) is 2.02. The molecule has 13 heavy (non-hydrogen) atoms. The van der Waals surface area contributed by atoms with Crippen molar-refractivity contribution in [3.8, 4) is 11.8 Å². The number of carbonyl (C=O) groups is 1. The number of ether oxygens (including phenoxy) is 1. The molecule has 72 valence electrons. The van der Waals surface area contributed by atoms with Crippen LogP contribution in [-0.2, 0) is 4.74 Å². The van der Waals surface area contributed by atoms with Crippen LogP contribution >= 0.6 is 0 Å². The number of hydrogen-bond donors (Lipinski definition) is 1. The number of rotatable bonds is 2. The van der Waals surface area contributed by atoms with Gasteiger partial charge in [0, 0.05) is 0 Å². The summed E-state index contributed by atoms with van der Waals surface area (Å²) in [5.74, 6) is 5.43. The molecule has 1 fully saturated rings. The fraction of sp³-hybridized carbons (Fsp3) is 0.700. The van der Waals surface area contributed by atoms with Crippen molar-refractivity contribution in [3.63, 3.8) is 0 Å². The minimum atomic E-state index is -0.357. The molecule has 3 heteroatoms. The minimum Gasteiger partial charge on any atom is -0.443 e. The van der Waals surface area contributed by atoms with E-state index >= 15 is 0 Å². The Balaban J connectivity index is 2.19. The molecule has 1 amide bonds. The second-order valence-corrected chi connectivity index (χ2v) is 3.47. The summed E-state index contributed by atoms with van der Waals surface area (Å²) in [6.07, 6.45) is 2.74. The number of nitrogens with one attached hydrogen (secondary N) is 1. The van der Waals surface area contributed by atoms with Gasteiger partial charge in [0.2, 0.25) is 0 Å². The Morgan fingerprint density at radius 2 is 2.31 bits per heavy atom. The maximum Gasteiger partial charge on any atom is 0.408 e. The summed E-state index contributed by atoms with van der Waals surface area (Å²) in [5.41, 5.74) is -0.219. The monoisotopic (exact) mass is 181 g/mol. The molecule has 0 unspecified atom stereocenters. The van der Waals surface area contributed by atoms with E-state index in [0.717, 1.165) is 19.3 Å². The van der Waals surface area contributed by atoms with Crippen LogP contribution in [0.5, 0.6) is 0 Å². The van der Waals surface area contributed by atoms with Gasteiger partial charge < -0.3 is 10.1 Å². The van der Waals surface area contributed by atoms with Crippen molar-refractivity contribution in [2.75, 3.05) is 6.54 Å². The van der Waals surface area contributed by atoms with Gasteiger partial charge in [0.15, 0.2) is 0 Å². The van der Waals surface area contributed by atoms with Gasteiger partial charge in [-0.25, -0.2) is 4.79 Å². The zero-order valence-electron chi connectivity index (χ0n) is 8.14. The van der Waals surface area contributed by atoms with Crippen molar-refractivity contribution in [2.24, 2.45) is 0 Å². The number of amides is 1. The predicted octanol–water partition coefficient (Wildman–Crippen LogP) is 1.68. The third kappa shape index (κ3) is 2.98. The summed E-state index contributed by atoms with van der Waals surface area (Å²) in [6, 6.07) is 0. The second kappa shape index (κ2) is 4.18. The average molecular weight is 181 g/mol. The first kappa shape index (κ1) is 9.91. The van der Waals surface area contributed by atoms with Crippen LogP contribution in [0.15, 0.2) is 0 Å². The Kier molecular flexibility index (Phi) is 3.18. The predicted molar refractivity (Wildman–Crippen MR) is 50.2 cm³/mol. The third-order valence-corrected chi connectivity index (χ3v) is 2.25. The molecule has 0 aromatic carbocycles. The van der Waals surface area contributed by atoms with Gasteiger partial charge in [-0.15, -0.1) is 5.92 Å². The number of hydrogen-bond acceptors (Lipinski definition) is 2. The van der Waals surface area contributed by atoms with Crippen molar-refractivity contribution in [1.82, 2.24) is 5.32 Å². The van der Waals surface area contributed by atoms with E-state index in [-0.39, 0.29) is 11.7 Å². The highest BCUT2D eigenvalue weighted by Crippen LogP contribution is 2.34. The summed E-state index contributed by atoms with van der Waals surface area (Å²) in [6.45, 7) is 4.06. The Morgan fingerprint density at radius 1 is 1.62 bits per heavy atom. The Bertz CT molecular complexity index is 245. The second-order valence-electron chi connectivity index (χ2n) is 3.47. The fourth-order valence-electron chi connectivity index (χ4n) is 1.24. The summed E-state index contributed by atoms with van der Waals surface area (Å²) in [4.78, 5) is 11.1. The molecule has 0 bridgehead atoms. The first-order valence-electron chi connectivity index (χ1n) is 4.53. The van der Waals surface area contributed by atoms with Gasteiger partial charge >= 0.3 is 6.09 Å². The molecule has 0 atom stereocenters. The maximum absolute atomic E-state index is 11.1. The van der Waals surface area contributed by atoms with E-state index in [9.17, 15) is 4.79 Å². The van der Waals surface area contributed by atoms with Crippen molar-refractivity contribution >= 4 is 6.09 Å². The quantitative estimate of drug-likeness (QED) is 0.658. The number of alkyl carbamates (subject to hydrolysis) is 1. The summed E-state index contributed by atoms with van der Waals surface area (Å²) in [5, 5.41) is 2.57. The van der Waals surface area contributed by atoms with E-state index in [4.69, 9.17) is 4.74 Å². The van der Waals surface area contributed by atoms with E-state index in [1.807, 2.05) is 6.92 Å². The van der Waals surface area contributed by atoms with E-state index in [1.54, 1.807) is 6.92 Å². The molecule has 0 saturated heterocycles. The van der Waals surface area contributed by atoms with E-state index in [1.165, 1.54) is 0 Å². The molecule has 0 aromatic rings. The van der Waals surface area contributed by atoms with Crippen LogP contribution in [0.25, 0.3) is 0 Å². The normalized spacial score (nSPS) is 17.7. The standard InChI is InChI=1S/C10H15NO2/c1-3-4-8-11-9(12)13-10(2)6-5-7-10/h5-8H2,1-2H3,(H,11,12). The highest BCUT2D eigenvalue weighted by molar-refractivity contribution is 5.68. The lowest BCUT2D eigenvalue weighted by atomic mass is 9.82. The molecule has 0 aliphatic heterocycles. The van der Waals surface area contributed by atoms with Crippen LogP contribution < -0.4 is 5.32 Å². The molecule has 0 spiro atoms. The van der Waals surface area contributed by atoms with Gasteiger partial charge in [0.25, 0.3) is 0 Å². The third-order valence-electron chi connectivity index (χ3n) is 2.25. The lowest BCUT2D eigenvalue weighted by Gasteiger charge is -2.37. The van der Waals surface area contributed by atoms with Gasteiger partial charge in [-0.1, -0.05) is 5.92 Å². The molecular formula is C10H15NO2. The van der Waals surface area contributed by atoms with E-state index < -0.39 is 0 Å². The number of carbonyl (C=O) groups excluding carboxylic acids is 1. The summed E-state index contributed by atoms with van der Waals surface area (Å²) < 4.78 is 5.20. The van der Waals surface area contributed by atoms with E-state index in [0.29, 0.717) is 6.54 Å². The minimum absolute atomic E-state index is 0.219. The smallest absolute Gasteiger partial charge is 0.408 e. The molecule has 1 saturated carbocycles. The van der Waals surface area contributed by atoms with Crippen molar-refractivity contribution < 1.29 is 9.53 Å². The first-order chi connectivity index (χ1) is 6.16.